The van der Waals surface area contributed by atoms with E-state index in [0.717, 1.165) is 13.2 Å². The number of carbonyl (C=O) groups excluding carboxylic acids is 1. The van der Waals surface area contributed by atoms with Crippen LogP contribution in [0.5, 0.6) is 0 Å². The first-order chi connectivity index (χ1) is 7.27. The number of halogens is 5. The van der Waals surface area contributed by atoms with Crippen LogP contribution >= 0.6 is 22.6 Å². The number of rotatable bonds is 1. The van der Waals surface area contributed by atoms with Gasteiger partial charge in [0.05, 0.1) is 18.2 Å². The van der Waals surface area contributed by atoms with Crippen LogP contribution in [0.3, 0.4) is 0 Å². The molecule has 0 atom stereocenters. The van der Waals surface area contributed by atoms with Gasteiger partial charge in [0.2, 0.25) is 0 Å². The molecule has 0 spiro atoms. The first kappa shape index (κ1) is 13.2. The third-order valence-corrected chi connectivity index (χ3v) is 2.60. The average Bonchev–Trinajstić information content (AvgIpc) is 2.14. The summed E-state index contributed by atoms with van der Waals surface area (Å²) in [4.78, 5) is 11.2. The highest BCUT2D eigenvalue weighted by atomic mass is 127. The van der Waals surface area contributed by atoms with Crippen molar-refractivity contribution in [1.29, 1.82) is 0 Å². The Bertz CT molecular complexity index is 428. The molecule has 16 heavy (non-hydrogen) atoms. The fraction of sp³-hybridized carbons (Fsp3) is 0.222. The summed E-state index contributed by atoms with van der Waals surface area (Å²) in [5.41, 5.74) is -2.00. The molecule has 0 aliphatic carbocycles. The Hall–Kier alpha value is -0.860. The summed E-state index contributed by atoms with van der Waals surface area (Å²) >= 11 is 1.45. The fourth-order valence-corrected chi connectivity index (χ4v) is 1.91. The van der Waals surface area contributed by atoms with Crippen molar-refractivity contribution in [3.63, 3.8) is 0 Å². The van der Waals surface area contributed by atoms with Gasteiger partial charge in [0.15, 0.2) is 0 Å². The number of hydrogen-bond donors (Lipinski definition) is 0. The molecule has 0 saturated carbocycles. The zero-order chi connectivity index (χ0) is 12.5. The molecule has 0 radical (unpaired) electrons. The second kappa shape index (κ2) is 4.56. The predicted molar refractivity (Wildman–Crippen MR) is 55.5 cm³/mol. The van der Waals surface area contributed by atoms with Crippen LogP contribution in [0.1, 0.15) is 15.9 Å². The maximum atomic E-state index is 12.8. The highest BCUT2D eigenvalue weighted by molar-refractivity contribution is 14.1. The maximum Gasteiger partial charge on any atom is 0.417 e. The number of methoxy groups -OCH3 is 1. The molecule has 1 aromatic rings. The number of hydrogen-bond acceptors (Lipinski definition) is 2. The van der Waals surface area contributed by atoms with Gasteiger partial charge in [-0.25, -0.2) is 9.18 Å². The lowest BCUT2D eigenvalue weighted by molar-refractivity contribution is -0.138. The summed E-state index contributed by atoms with van der Waals surface area (Å²) in [6, 6.07) is 1.11. The first-order valence-electron chi connectivity index (χ1n) is 3.92. The minimum atomic E-state index is -4.80. The van der Waals surface area contributed by atoms with E-state index in [9.17, 15) is 22.4 Å². The standard InChI is InChI=1S/C9H5F4IO2/c1-16-8(15)7-5(9(11,12)13)2-4(10)3-6(7)14/h2-3H,1H3. The Labute approximate surface area is 102 Å². The van der Waals surface area contributed by atoms with Crippen molar-refractivity contribution in [3.05, 3.63) is 32.6 Å². The molecule has 1 rings (SSSR count). The molecule has 0 fully saturated rings. The van der Waals surface area contributed by atoms with Gasteiger partial charge in [-0.15, -0.1) is 0 Å². The normalized spacial score (nSPS) is 11.4. The van der Waals surface area contributed by atoms with Crippen molar-refractivity contribution in [2.45, 2.75) is 6.18 Å². The van der Waals surface area contributed by atoms with Gasteiger partial charge in [-0.2, -0.15) is 13.2 Å². The molecule has 0 heterocycles. The summed E-state index contributed by atoms with van der Waals surface area (Å²) in [5, 5.41) is 0. The monoisotopic (exact) mass is 348 g/mol. The average molecular weight is 348 g/mol. The van der Waals surface area contributed by atoms with E-state index in [0.29, 0.717) is 0 Å². The molecule has 88 valence electrons. The van der Waals surface area contributed by atoms with Crippen LogP contribution in [0.25, 0.3) is 0 Å². The maximum absolute atomic E-state index is 12.8. The van der Waals surface area contributed by atoms with Crippen LogP contribution < -0.4 is 0 Å². The van der Waals surface area contributed by atoms with Gasteiger partial charge in [0.25, 0.3) is 0 Å². The molecule has 0 aliphatic heterocycles. The lowest BCUT2D eigenvalue weighted by Crippen LogP contribution is -2.16. The Kier molecular flexibility index (Phi) is 3.76. The van der Waals surface area contributed by atoms with Gasteiger partial charge in [-0.3, -0.25) is 0 Å². The molecular weight excluding hydrogens is 343 g/mol. The van der Waals surface area contributed by atoms with E-state index in [-0.39, 0.29) is 9.64 Å². The van der Waals surface area contributed by atoms with E-state index < -0.39 is 29.1 Å². The Morgan fingerprint density at radius 2 is 1.94 bits per heavy atom. The molecule has 0 aliphatic rings. The van der Waals surface area contributed by atoms with Gasteiger partial charge in [-0.1, -0.05) is 0 Å². The Balaban J connectivity index is 3.51. The van der Waals surface area contributed by atoms with E-state index in [4.69, 9.17) is 0 Å². The lowest BCUT2D eigenvalue weighted by atomic mass is 10.1. The van der Waals surface area contributed by atoms with Crippen molar-refractivity contribution in [2.24, 2.45) is 0 Å². The predicted octanol–water partition coefficient (Wildman–Crippen LogP) is 3.24. The highest BCUT2D eigenvalue weighted by Gasteiger charge is 2.37. The van der Waals surface area contributed by atoms with Crippen molar-refractivity contribution in [1.82, 2.24) is 0 Å². The Morgan fingerprint density at radius 1 is 1.38 bits per heavy atom. The Morgan fingerprint density at radius 3 is 2.38 bits per heavy atom. The van der Waals surface area contributed by atoms with Crippen molar-refractivity contribution >= 4 is 28.6 Å². The van der Waals surface area contributed by atoms with Gasteiger partial charge < -0.3 is 4.74 Å². The van der Waals surface area contributed by atoms with Crippen LogP contribution in [0.4, 0.5) is 17.6 Å². The van der Waals surface area contributed by atoms with Crippen molar-refractivity contribution < 1.29 is 27.1 Å². The summed E-state index contributed by atoms with van der Waals surface area (Å²) in [6.07, 6.45) is -4.80. The molecule has 1 aromatic carbocycles. The van der Waals surface area contributed by atoms with E-state index in [1.807, 2.05) is 0 Å². The number of esters is 1. The van der Waals surface area contributed by atoms with Crippen molar-refractivity contribution in [3.8, 4) is 0 Å². The highest BCUT2D eigenvalue weighted by Crippen LogP contribution is 2.34. The number of ether oxygens (including phenoxy) is 1. The van der Waals surface area contributed by atoms with Gasteiger partial charge in [0.1, 0.15) is 5.82 Å². The number of alkyl halides is 3. The number of benzene rings is 1. The lowest BCUT2D eigenvalue weighted by Gasteiger charge is -2.12. The van der Waals surface area contributed by atoms with Gasteiger partial charge in [-0.05, 0) is 34.7 Å². The summed E-state index contributed by atoms with van der Waals surface area (Å²) in [6.45, 7) is 0. The molecule has 7 heteroatoms. The molecular formula is C9H5F4IO2. The molecule has 0 amide bonds. The van der Waals surface area contributed by atoms with Crippen LogP contribution in [0.15, 0.2) is 12.1 Å². The molecule has 0 unspecified atom stereocenters. The van der Waals surface area contributed by atoms with Crippen molar-refractivity contribution in [2.75, 3.05) is 7.11 Å². The second-order valence-corrected chi connectivity index (χ2v) is 3.96. The van der Waals surface area contributed by atoms with Crippen LogP contribution in [0, 0.1) is 9.39 Å². The minimum Gasteiger partial charge on any atom is -0.465 e. The molecule has 0 N–H and O–H groups in total. The zero-order valence-corrected chi connectivity index (χ0v) is 10.0. The second-order valence-electron chi connectivity index (χ2n) is 2.80. The van der Waals surface area contributed by atoms with Gasteiger partial charge >= 0.3 is 12.1 Å². The molecule has 0 saturated heterocycles. The largest absolute Gasteiger partial charge is 0.465 e. The third kappa shape index (κ3) is 2.63. The van der Waals surface area contributed by atoms with Crippen LogP contribution in [0.2, 0.25) is 0 Å². The smallest absolute Gasteiger partial charge is 0.417 e. The van der Waals surface area contributed by atoms with Gasteiger partial charge in [0, 0.05) is 3.57 Å². The molecule has 0 bridgehead atoms. The first-order valence-corrected chi connectivity index (χ1v) is 4.99. The number of carbonyl (C=O) groups is 1. The topological polar surface area (TPSA) is 26.3 Å². The summed E-state index contributed by atoms with van der Waals surface area (Å²) < 4.78 is 54.5. The van der Waals surface area contributed by atoms with E-state index in [1.54, 1.807) is 0 Å². The summed E-state index contributed by atoms with van der Waals surface area (Å²) in [7, 11) is 0.960. The molecule has 0 aromatic heterocycles. The SMILES string of the molecule is COC(=O)c1c(I)cc(F)cc1C(F)(F)F. The summed E-state index contributed by atoms with van der Waals surface area (Å²) in [5.74, 6) is -2.19. The quantitative estimate of drug-likeness (QED) is 0.443. The zero-order valence-electron chi connectivity index (χ0n) is 7.86. The van der Waals surface area contributed by atoms with E-state index >= 15 is 0 Å². The van der Waals surface area contributed by atoms with E-state index in [2.05, 4.69) is 4.74 Å². The van der Waals surface area contributed by atoms with Crippen LogP contribution in [-0.2, 0) is 10.9 Å². The fourth-order valence-electron chi connectivity index (χ4n) is 1.11. The van der Waals surface area contributed by atoms with E-state index in [1.165, 1.54) is 22.6 Å². The molecule has 2 nitrogen and oxygen atoms in total. The van der Waals surface area contributed by atoms with Crippen LogP contribution in [-0.4, -0.2) is 13.1 Å². The third-order valence-electron chi connectivity index (χ3n) is 1.75. The minimum absolute atomic E-state index is 0.142.